The maximum absolute atomic E-state index is 12.6. The van der Waals surface area contributed by atoms with Crippen molar-refractivity contribution < 1.29 is 14.3 Å². The number of aromatic nitrogens is 4. The third-order valence-corrected chi connectivity index (χ3v) is 4.31. The number of hydrogen-bond acceptors (Lipinski definition) is 6. The molecular formula is C18H20N4O5. The molecular weight excluding hydrogens is 352 g/mol. The second-order valence-electron chi connectivity index (χ2n) is 6.24. The smallest absolute Gasteiger partial charge is 0.333 e. The molecule has 0 atom stereocenters. The average molecular weight is 372 g/mol. The van der Waals surface area contributed by atoms with Crippen LogP contribution in [-0.4, -0.2) is 31.8 Å². The minimum atomic E-state index is -0.695. The Balaban J connectivity index is 1.85. The van der Waals surface area contributed by atoms with Gasteiger partial charge in [-0.1, -0.05) is 11.6 Å². The monoisotopic (exact) mass is 372 g/mol. The maximum Gasteiger partial charge on any atom is 0.333 e. The van der Waals surface area contributed by atoms with Crippen LogP contribution < -0.4 is 16.0 Å². The predicted molar refractivity (Wildman–Crippen MR) is 97.7 cm³/mol. The first kappa shape index (κ1) is 18.4. The van der Waals surface area contributed by atoms with E-state index in [-0.39, 0.29) is 17.8 Å². The van der Waals surface area contributed by atoms with Crippen molar-refractivity contribution in [3.8, 4) is 5.75 Å². The van der Waals surface area contributed by atoms with E-state index >= 15 is 0 Å². The lowest BCUT2D eigenvalue weighted by Gasteiger charge is -2.11. The molecule has 27 heavy (non-hydrogen) atoms. The van der Waals surface area contributed by atoms with Crippen molar-refractivity contribution in [3.05, 3.63) is 56.5 Å². The van der Waals surface area contributed by atoms with Crippen molar-refractivity contribution in [2.24, 2.45) is 14.1 Å². The van der Waals surface area contributed by atoms with Crippen LogP contribution in [-0.2, 0) is 36.8 Å². The van der Waals surface area contributed by atoms with Crippen molar-refractivity contribution >= 4 is 17.1 Å². The number of imidazole rings is 1. The molecule has 0 aliphatic heterocycles. The number of hydrogen-bond donors (Lipinski definition) is 0. The molecule has 0 saturated carbocycles. The number of nitrogens with zero attached hydrogens (tertiary/aromatic N) is 4. The lowest BCUT2D eigenvalue weighted by atomic mass is 10.1. The summed E-state index contributed by atoms with van der Waals surface area (Å²) in [7, 11) is 4.67. The molecule has 2 aromatic heterocycles. The summed E-state index contributed by atoms with van der Waals surface area (Å²) in [5, 5.41) is 0. The van der Waals surface area contributed by atoms with Crippen LogP contribution in [0.1, 0.15) is 11.1 Å². The highest BCUT2D eigenvalue weighted by molar-refractivity contribution is 5.72. The summed E-state index contributed by atoms with van der Waals surface area (Å²) in [5.74, 6) is -0.0999. The molecule has 0 N–H and O–H groups in total. The van der Waals surface area contributed by atoms with Gasteiger partial charge in [0.2, 0.25) is 0 Å². The summed E-state index contributed by atoms with van der Waals surface area (Å²) in [6.45, 7) is 1.41. The van der Waals surface area contributed by atoms with Gasteiger partial charge in [0.15, 0.2) is 11.2 Å². The largest absolute Gasteiger partial charge is 0.496 e. The zero-order chi connectivity index (χ0) is 19.7. The molecule has 0 spiro atoms. The standard InChI is InChI=1S/C18H20N4O5/c1-11-5-6-13(26-4)12(7-11)9-27-14(23)8-22-17(24)15-16(19-10-20(15)2)21(3)18(22)25/h5-7,10H,8-9H2,1-4H3. The number of methoxy groups -OCH3 is 1. The van der Waals surface area contributed by atoms with Crippen LogP contribution in [0.15, 0.2) is 34.1 Å². The van der Waals surface area contributed by atoms with Crippen LogP contribution in [0.4, 0.5) is 0 Å². The Hall–Kier alpha value is -3.36. The van der Waals surface area contributed by atoms with Gasteiger partial charge in [0, 0.05) is 19.7 Å². The number of carbonyl (C=O) groups excluding carboxylic acids is 1. The number of rotatable bonds is 5. The van der Waals surface area contributed by atoms with E-state index in [1.165, 1.54) is 29.6 Å². The summed E-state index contributed by atoms with van der Waals surface area (Å²) in [5.41, 5.74) is 0.989. The third kappa shape index (κ3) is 3.35. The number of ether oxygens (including phenoxy) is 2. The number of carbonyl (C=O) groups is 1. The number of esters is 1. The molecule has 1 aromatic carbocycles. The SMILES string of the molecule is COc1ccc(C)cc1COC(=O)Cn1c(=O)c2c(ncn2C)n(C)c1=O. The van der Waals surface area contributed by atoms with E-state index in [4.69, 9.17) is 9.47 Å². The highest BCUT2D eigenvalue weighted by atomic mass is 16.5. The Morgan fingerprint density at radius 2 is 1.96 bits per heavy atom. The molecule has 2 heterocycles. The lowest BCUT2D eigenvalue weighted by Crippen LogP contribution is -2.41. The Morgan fingerprint density at radius 3 is 2.67 bits per heavy atom. The van der Waals surface area contributed by atoms with Crippen molar-refractivity contribution in [1.82, 2.24) is 18.7 Å². The van der Waals surface area contributed by atoms with Gasteiger partial charge in [-0.25, -0.2) is 14.3 Å². The highest BCUT2D eigenvalue weighted by Gasteiger charge is 2.18. The molecule has 3 rings (SSSR count). The van der Waals surface area contributed by atoms with Gasteiger partial charge in [-0.15, -0.1) is 0 Å². The molecule has 0 saturated heterocycles. The van der Waals surface area contributed by atoms with Crippen LogP contribution in [0.3, 0.4) is 0 Å². The van der Waals surface area contributed by atoms with Gasteiger partial charge in [-0.3, -0.25) is 14.2 Å². The predicted octanol–water partition coefficient (Wildman–Crippen LogP) is 0.494. The summed E-state index contributed by atoms with van der Waals surface area (Å²) in [6, 6.07) is 5.52. The lowest BCUT2D eigenvalue weighted by molar-refractivity contribution is -0.145. The van der Waals surface area contributed by atoms with Gasteiger partial charge < -0.3 is 14.0 Å². The first-order valence-corrected chi connectivity index (χ1v) is 8.23. The number of aryl methyl sites for hydroxylation is 3. The fourth-order valence-corrected chi connectivity index (χ4v) is 2.89. The Morgan fingerprint density at radius 1 is 1.22 bits per heavy atom. The molecule has 142 valence electrons. The van der Waals surface area contributed by atoms with Crippen LogP contribution in [0.2, 0.25) is 0 Å². The van der Waals surface area contributed by atoms with Gasteiger partial charge in [0.1, 0.15) is 18.9 Å². The van der Waals surface area contributed by atoms with E-state index in [1.807, 2.05) is 19.1 Å². The molecule has 0 bridgehead atoms. The van der Waals surface area contributed by atoms with Gasteiger partial charge in [-0.05, 0) is 19.1 Å². The Bertz CT molecular complexity index is 1140. The highest BCUT2D eigenvalue weighted by Crippen LogP contribution is 2.20. The molecule has 9 nitrogen and oxygen atoms in total. The van der Waals surface area contributed by atoms with E-state index in [2.05, 4.69) is 4.98 Å². The van der Waals surface area contributed by atoms with E-state index in [0.717, 1.165) is 10.1 Å². The zero-order valence-corrected chi connectivity index (χ0v) is 15.6. The summed E-state index contributed by atoms with van der Waals surface area (Å²) in [6.07, 6.45) is 1.44. The van der Waals surface area contributed by atoms with Gasteiger partial charge in [0.05, 0.1) is 13.4 Å². The number of benzene rings is 1. The van der Waals surface area contributed by atoms with E-state index < -0.39 is 23.8 Å². The fourth-order valence-electron chi connectivity index (χ4n) is 2.89. The van der Waals surface area contributed by atoms with Crippen molar-refractivity contribution in [1.29, 1.82) is 0 Å². The fraction of sp³-hybridized carbons (Fsp3) is 0.333. The second kappa shape index (κ2) is 7.10. The quantitative estimate of drug-likeness (QED) is 0.605. The molecule has 0 fully saturated rings. The maximum atomic E-state index is 12.6. The van der Waals surface area contributed by atoms with Gasteiger partial charge in [-0.2, -0.15) is 0 Å². The molecule has 9 heteroatoms. The zero-order valence-electron chi connectivity index (χ0n) is 15.6. The molecule has 0 radical (unpaired) electrons. The molecule has 0 amide bonds. The van der Waals surface area contributed by atoms with Crippen LogP contribution in [0, 0.1) is 6.92 Å². The minimum absolute atomic E-state index is 0.0211. The van der Waals surface area contributed by atoms with Crippen LogP contribution >= 0.6 is 0 Å². The second-order valence-corrected chi connectivity index (χ2v) is 6.24. The van der Waals surface area contributed by atoms with Crippen molar-refractivity contribution in [2.75, 3.05) is 7.11 Å². The van der Waals surface area contributed by atoms with Crippen LogP contribution in [0.5, 0.6) is 5.75 Å². The summed E-state index contributed by atoms with van der Waals surface area (Å²) in [4.78, 5) is 41.3. The van der Waals surface area contributed by atoms with Gasteiger partial charge in [0.25, 0.3) is 5.56 Å². The van der Waals surface area contributed by atoms with Crippen molar-refractivity contribution in [2.45, 2.75) is 20.1 Å². The van der Waals surface area contributed by atoms with E-state index in [9.17, 15) is 14.4 Å². The van der Waals surface area contributed by atoms with E-state index in [0.29, 0.717) is 11.3 Å². The van der Waals surface area contributed by atoms with Crippen molar-refractivity contribution in [3.63, 3.8) is 0 Å². The molecule has 0 unspecified atom stereocenters. The summed E-state index contributed by atoms with van der Waals surface area (Å²) < 4.78 is 14.1. The molecule has 0 aliphatic carbocycles. The summed E-state index contributed by atoms with van der Waals surface area (Å²) >= 11 is 0. The topological polar surface area (TPSA) is 97.3 Å². The molecule has 0 aliphatic rings. The van der Waals surface area contributed by atoms with E-state index in [1.54, 1.807) is 13.1 Å². The minimum Gasteiger partial charge on any atom is -0.496 e. The average Bonchev–Trinajstić information content (AvgIpc) is 3.03. The van der Waals surface area contributed by atoms with Gasteiger partial charge >= 0.3 is 11.7 Å². The first-order chi connectivity index (χ1) is 12.8. The Labute approximate surface area is 154 Å². The van der Waals surface area contributed by atoms with Crippen LogP contribution in [0.25, 0.3) is 11.2 Å². The third-order valence-electron chi connectivity index (χ3n) is 4.31. The number of fused-ring (bicyclic) bond motifs is 1. The Kier molecular flexibility index (Phi) is 4.85. The first-order valence-electron chi connectivity index (χ1n) is 8.23. The normalized spacial score (nSPS) is 11.0. The molecule has 3 aromatic rings.